The number of nitrogens with one attached hydrogen (secondary N) is 2. The lowest BCUT2D eigenvalue weighted by molar-refractivity contribution is -0.153. The minimum atomic E-state index is -3.38. The molecule has 0 aliphatic carbocycles. The summed E-state index contributed by atoms with van der Waals surface area (Å²) in [6, 6.07) is 5.03. The zero-order chi connectivity index (χ0) is 115. The number of nitrogens with zero attached hydrogens (tertiary/aromatic N) is 13. The predicted octanol–water partition coefficient (Wildman–Crippen LogP) is 11.3. The highest BCUT2D eigenvalue weighted by Crippen LogP contribution is 2.29. The van der Waals surface area contributed by atoms with E-state index in [9.17, 15) is 61.5 Å². The molecule has 7 N–H and O–H groups in total. The van der Waals surface area contributed by atoms with Crippen LogP contribution in [0.3, 0.4) is 0 Å². The Morgan fingerprint density at radius 2 is 0.705 bits per heavy atom. The summed E-state index contributed by atoms with van der Waals surface area (Å²) in [7, 11) is 10.4. The van der Waals surface area contributed by atoms with Crippen LogP contribution in [0.15, 0.2) is 24.3 Å². The Labute approximate surface area is 886 Å². The average Bonchev–Trinajstić information content (AvgIpc) is 0.818. The quantitative estimate of drug-likeness (QED) is 0.0298. The number of aliphatic hydroxyl groups is 3. The molecule has 4 atom stereocenters. The van der Waals surface area contributed by atoms with Gasteiger partial charge < -0.3 is 84.5 Å². The van der Waals surface area contributed by atoms with Crippen molar-refractivity contribution in [1.82, 2.24) is 73.7 Å². The van der Waals surface area contributed by atoms with Crippen LogP contribution < -0.4 is 10.6 Å². The summed E-state index contributed by atoms with van der Waals surface area (Å²) in [6.07, 6.45) is 0. The molecule has 36 nitrogen and oxygen atoms in total. The largest absolute Gasteiger partial charge is 0.480 e. The molecule has 1 aromatic carbocycles. The fourth-order valence-electron chi connectivity index (χ4n) is 13.4. The summed E-state index contributed by atoms with van der Waals surface area (Å²) in [5.74, 6) is -1.96. The number of carboxylic acid groups (broad SMARTS) is 2. The Kier molecular flexibility index (Phi) is 64.8. The predicted molar refractivity (Wildman–Crippen MR) is 589 cm³/mol. The number of aliphatic carboxylic acids is 1. The summed E-state index contributed by atoms with van der Waals surface area (Å²) in [5.41, 5.74) is -1.98. The van der Waals surface area contributed by atoms with E-state index in [-0.39, 0.29) is 137 Å². The van der Waals surface area contributed by atoms with Crippen molar-refractivity contribution in [2.75, 3.05) is 232 Å². The first-order valence-corrected chi connectivity index (χ1v) is 53.7. The van der Waals surface area contributed by atoms with Crippen molar-refractivity contribution in [2.45, 2.75) is 341 Å². The lowest BCUT2D eigenvalue weighted by Crippen LogP contribution is -2.57. The summed E-state index contributed by atoms with van der Waals surface area (Å²) in [5, 5.41) is 50.0. The zero-order valence-electron chi connectivity index (χ0n) is 101. The Hall–Kier alpha value is -6.69. The van der Waals surface area contributed by atoms with Crippen LogP contribution in [0.25, 0.3) is 0 Å². The van der Waals surface area contributed by atoms with Crippen molar-refractivity contribution in [3.8, 4) is 0 Å². The molecule has 37 heteroatoms. The van der Waals surface area contributed by atoms with Gasteiger partial charge in [0.15, 0.2) is 0 Å². The van der Waals surface area contributed by atoms with Gasteiger partial charge in [0.1, 0.15) is 18.1 Å². The minimum Gasteiger partial charge on any atom is -0.480 e. The van der Waals surface area contributed by atoms with Gasteiger partial charge in [0.05, 0.1) is 84.0 Å². The number of ether oxygens (including phenoxy) is 4. The number of morpholine rings is 1. The van der Waals surface area contributed by atoms with Crippen molar-refractivity contribution >= 4 is 69.2 Å². The molecule has 0 spiro atoms. The molecule has 0 saturated carbocycles. The van der Waals surface area contributed by atoms with Gasteiger partial charge in [-0.25, -0.2) is 18.0 Å². The number of benzene rings is 1. The molecule has 2 rings (SSSR count). The highest BCUT2D eigenvalue weighted by Gasteiger charge is 2.41. The standard InChI is InChI=1S/C20H32N2O3.C19H39N3O4.C19H40N2O3.C18H37N3O4S.C18H37N3O4.C15H30N2O3/c1-19(2,3)18(25)22(13-12-21(7)20(4,5)6)14-15-8-10-16(11-9-15)17(23)24;1-15(16(24)20-9-13-26-14-12-23)22(17(25)18(2,3)4)11-10-21(8)19(5,6)7;1-15(2)16(20(9)19(6,7)8)14-21(10-12-24-13-11-22)17(23)18(3,4)5;1-17(2,3)16(22)20(9-8-19(7)18(4,5)6)12-15-26(23,24)21-10-13-25-14-11-21;1-17(2,3)16(24)21(8)14(13-20(7)18(4,5)6)15(23)19-9-11-25-12-10-22;1-11(12(18)19)17(13(20)14(2,3)4)10-9-16(8)15(5,6)7/h8-11H,12-14H2,1-7H3,(H,23,24);15,23H,9-14H2,1-8H3,(H,20,24);15-16,22H,10-14H2,1-9H3;8-15H2,1-7H3;14,22H,9-13H2,1-8H3,(H,19,23);11H,9-10H2,1-8H3,(H,18,19)/t;15-;;;;11-/m.0...0/s1. The van der Waals surface area contributed by atoms with Crippen molar-refractivity contribution in [3.05, 3.63) is 35.4 Å². The summed E-state index contributed by atoms with van der Waals surface area (Å²) in [4.78, 5) is 147. The van der Waals surface area contributed by atoms with Crippen LogP contribution in [-0.2, 0) is 78.7 Å². The smallest absolute Gasteiger partial charge is 0.335 e. The Balaban J connectivity index is -0.000000830. The highest BCUT2D eigenvalue weighted by atomic mass is 32.2. The van der Waals surface area contributed by atoms with Gasteiger partial charge in [-0.3, -0.25) is 67.8 Å². The first kappa shape index (κ1) is 146. The molecule has 0 bridgehead atoms. The zero-order valence-corrected chi connectivity index (χ0v) is 102. The highest BCUT2D eigenvalue weighted by molar-refractivity contribution is 7.89. The fraction of sp³-hybridized carbons (Fsp3) is 0.853. The summed E-state index contributed by atoms with van der Waals surface area (Å²) < 4.78 is 47.5. The van der Waals surface area contributed by atoms with Gasteiger partial charge in [-0.2, -0.15) is 4.31 Å². The van der Waals surface area contributed by atoms with Crippen LogP contribution in [0.4, 0.5) is 0 Å². The topological polar surface area (TPSA) is 409 Å². The number of hydrogen-bond donors (Lipinski definition) is 7. The van der Waals surface area contributed by atoms with Crippen LogP contribution >= 0.6 is 0 Å². The van der Waals surface area contributed by atoms with E-state index in [2.05, 4.69) is 193 Å². The second-order valence-corrected chi connectivity index (χ2v) is 52.9. The number of sulfonamides is 1. The lowest BCUT2D eigenvalue weighted by Gasteiger charge is -2.43. The van der Waals surface area contributed by atoms with Crippen LogP contribution in [0.5, 0.6) is 0 Å². The van der Waals surface area contributed by atoms with Gasteiger partial charge in [0.25, 0.3) is 0 Å². The van der Waals surface area contributed by atoms with E-state index in [1.54, 1.807) is 55.0 Å². The monoisotopic (exact) mass is 2100 g/mol. The average molecular weight is 2100 g/mol. The molecule has 1 aliphatic heterocycles. The van der Waals surface area contributed by atoms with Crippen molar-refractivity contribution in [3.63, 3.8) is 0 Å². The van der Waals surface area contributed by atoms with E-state index >= 15 is 0 Å². The second kappa shape index (κ2) is 65.0. The Bertz CT molecular complexity index is 4070. The van der Waals surface area contributed by atoms with Crippen LogP contribution in [0, 0.1) is 38.4 Å². The van der Waals surface area contributed by atoms with E-state index in [1.165, 1.54) is 14.1 Å². The molecular weight excluding hydrogens is 1890 g/mol. The molecule has 858 valence electrons. The molecule has 2 unspecified atom stereocenters. The molecule has 1 fully saturated rings. The summed E-state index contributed by atoms with van der Waals surface area (Å²) in [6.45, 7) is 91.1. The van der Waals surface area contributed by atoms with E-state index < -0.39 is 72.6 Å². The van der Waals surface area contributed by atoms with Crippen molar-refractivity contribution < 1.29 is 101 Å². The summed E-state index contributed by atoms with van der Waals surface area (Å²) >= 11 is 0. The molecule has 146 heavy (non-hydrogen) atoms. The van der Waals surface area contributed by atoms with Crippen LogP contribution in [0.2, 0.25) is 0 Å². The van der Waals surface area contributed by atoms with Crippen molar-refractivity contribution in [2.24, 2.45) is 38.4 Å². The van der Waals surface area contributed by atoms with Crippen LogP contribution in [0.1, 0.15) is 293 Å². The van der Waals surface area contributed by atoms with E-state index in [0.29, 0.717) is 144 Å². The number of rotatable bonds is 46. The third kappa shape index (κ3) is 59.4. The minimum absolute atomic E-state index is 0.00364. The third-order valence-corrected chi connectivity index (χ3v) is 27.4. The van der Waals surface area contributed by atoms with Gasteiger partial charge in [0.2, 0.25) is 57.3 Å². The van der Waals surface area contributed by atoms with Gasteiger partial charge >= 0.3 is 11.9 Å². The number of carbonyl (C=O) groups excluding carboxylic acids is 8. The van der Waals surface area contributed by atoms with Gasteiger partial charge in [-0.15, -0.1) is 0 Å². The third-order valence-electron chi connectivity index (χ3n) is 25.5. The van der Waals surface area contributed by atoms with Gasteiger partial charge in [0, 0.05) is 190 Å². The maximum Gasteiger partial charge on any atom is 0.335 e. The molecule has 0 aromatic heterocycles. The Morgan fingerprint density at radius 1 is 0.377 bits per heavy atom. The molecule has 1 heterocycles. The first-order chi connectivity index (χ1) is 65.8. The Morgan fingerprint density at radius 3 is 1.03 bits per heavy atom. The molecule has 8 amide bonds. The lowest BCUT2D eigenvalue weighted by atomic mass is 9.92. The van der Waals surface area contributed by atoms with E-state index in [0.717, 1.165) is 12.1 Å². The van der Waals surface area contributed by atoms with Crippen LogP contribution in [-0.4, -0.2) is 446 Å². The second-order valence-electron chi connectivity index (χ2n) is 50.8. The molecule has 1 aromatic rings. The maximum atomic E-state index is 12.9. The SMILES string of the molecule is CC(C)C(CN(CCOCCO)C(=O)C(C)(C)C)N(C)C(C)(C)C.CN(C(=O)C(C)(C)C)C(CN(C)C(C)(C)C)C(=O)NCCOCCO.CN(CCN(CCS(=O)(=O)N1CCOCC1)C(=O)C(C)(C)C)C(C)(C)C.CN(CCN(Cc1ccc(C(=O)O)cc1)C(=O)C(C)(C)C)C(C)(C)C.C[C@@H](C(=O)NCCOCCO)N(CCN(C)C(C)(C)C)C(=O)C(C)(C)C.C[C@@H](C(=O)O)N(CCN(C)C(C)(C)C)C(=O)C(C)(C)C. The molecule has 1 saturated heterocycles. The molecule has 0 radical (unpaired) electrons. The van der Waals surface area contributed by atoms with E-state index in [1.807, 2.05) is 163 Å². The number of aliphatic hydroxyl groups excluding tert-OH is 3. The molecular formula is C109H215N15O21S. The fourth-order valence-corrected chi connectivity index (χ4v) is 14.8. The van der Waals surface area contributed by atoms with Gasteiger partial charge in [-0.1, -0.05) is 151 Å². The number of hydrogen-bond acceptors (Lipinski definition) is 25. The normalized spacial score (nSPS) is 14.3. The van der Waals surface area contributed by atoms with Crippen molar-refractivity contribution in [1.29, 1.82) is 0 Å². The maximum absolute atomic E-state index is 12.9. The number of carbonyl (C=O) groups is 10. The number of amides is 8. The molecule has 1 aliphatic rings. The van der Waals surface area contributed by atoms with E-state index in [4.69, 9.17) is 39.4 Å². The van der Waals surface area contributed by atoms with Gasteiger partial charge in [-0.05, 0) is 204 Å². The number of aromatic carboxylic acids is 1. The number of carboxylic acids is 2. The first-order valence-electron chi connectivity index (χ1n) is 52.1. The number of likely N-dealkylation sites (N-methyl/N-ethyl adjacent to an activating group) is 7.